The first-order valence-corrected chi connectivity index (χ1v) is 5.35. The van der Waals surface area contributed by atoms with Crippen LogP contribution in [0.25, 0.3) is 0 Å². The first kappa shape index (κ1) is 11.1. The van der Waals surface area contributed by atoms with Crippen molar-refractivity contribution in [2.75, 3.05) is 0 Å². The molecule has 0 atom stereocenters. The summed E-state index contributed by atoms with van der Waals surface area (Å²) in [7, 11) is 0. The van der Waals surface area contributed by atoms with Gasteiger partial charge in [0.1, 0.15) is 11.4 Å². The van der Waals surface area contributed by atoms with Crippen LogP contribution < -0.4 is 5.32 Å². The minimum Gasteiger partial charge on any atom is -0.380 e. The predicted molar refractivity (Wildman–Crippen MR) is 57.0 cm³/mol. The Morgan fingerprint density at radius 2 is 2.25 bits per heavy atom. The Labute approximate surface area is 93.3 Å². The maximum absolute atomic E-state index is 12.8. The molecule has 0 bridgehead atoms. The lowest BCUT2D eigenvalue weighted by Crippen LogP contribution is -2.51. The van der Waals surface area contributed by atoms with E-state index in [1.165, 1.54) is 12.1 Å². The first-order chi connectivity index (χ1) is 7.60. The molecule has 86 valence electrons. The van der Waals surface area contributed by atoms with Crippen LogP contribution in [0.3, 0.4) is 0 Å². The Morgan fingerprint density at radius 3 is 2.81 bits per heavy atom. The lowest BCUT2D eigenvalue weighted by Gasteiger charge is -2.34. The van der Waals surface area contributed by atoms with Crippen LogP contribution in [0.4, 0.5) is 4.39 Å². The summed E-state index contributed by atoms with van der Waals surface area (Å²) >= 11 is 0. The Balaban J connectivity index is 1.90. The molecule has 0 radical (unpaired) electrons. The number of aliphatic hydroxyl groups is 1. The van der Waals surface area contributed by atoms with Crippen molar-refractivity contribution in [1.82, 2.24) is 5.32 Å². The summed E-state index contributed by atoms with van der Waals surface area (Å²) < 4.78 is 12.8. The maximum Gasteiger partial charge on any atom is 0.252 e. The molecule has 0 heterocycles. The third-order valence-corrected chi connectivity index (χ3v) is 2.95. The van der Waals surface area contributed by atoms with Crippen LogP contribution >= 0.6 is 0 Å². The zero-order chi connectivity index (χ0) is 11.6. The van der Waals surface area contributed by atoms with Crippen molar-refractivity contribution >= 4 is 5.91 Å². The van der Waals surface area contributed by atoms with E-state index in [2.05, 4.69) is 5.32 Å². The number of hydrogen-bond acceptors (Lipinski definition) is 2. The van der Waals surface area contributed by atoms with Gasteiger partial charge in [-0.3, -0.25) is 4.79 Å². The lowest BCUT2D eigenvalue weighted by atomic mass is 9.79. The molecule has 0 aliphatic heterocycles. The van der Waals surface area contributed by atoms with Crippen LogP contribution in [-0.4, -0.2) is 16.6 Å². The van der Waals surface area contributed by atoms with Crippen molar-refractivity contribution in [3.8, 4) is 0 Å². The number of amides is 1. The minimum absolute atomic E-state index is 0.249. The number of halogens is 1. The third-order valence-electron chi connectivity index (χ3n) is 2.95. The number of nitrogens with one attached hydrogen (secondary N) is 1. The van der Waals surface area contributed by atoms with E-state index in [-0.39, 0.29) is 18.3 Å². The van der Waals surface area contributed by atoms with Gasteiger partial charge in [-0.05, 0) is 37.0 Å². The van der Waals surface area contributed by atoms with Crippen LogP contribution in [0.2, 0.25) is 0 Å². The zero-order valence-electron chi connectivity index (χ0n) is 8.87. The summed E-state index contributed by atoms with van der Waals surface area (Å²) in [4.78, 5) is 11.6. The van der Waals surface area contributed by atoms with Crippen LogP contribution in [0.1, 0.15) is 24.8 Å². The molecule has 1 amide bonds. The van der Waals surface area contributed by atoms with Crippen LogP contribution in [-0.2, 0) is 11.3 Å². The zero-order valence-corrected chi connectivity index (χ0v) is 8.87. The fourth-order valence-electron chi connectivity index (χ4n) is 1.73. The van der Waals surface area contributed by atoms with Gasteiger partial charge in [0.2, 0.25) is 0 Å². The van der Waals surface area contributed by atoms with Gasteiger partial charge in [0.25, 0.3) is 5.91 Å². The average Bonchev–Trinajstić information content (AvgIpc) is 2.22. The van der Waals surface area contributed by atoms with Gasteiger partial charge in [0.05, 0.1) is 0 Å². The van der Waals surface area contributed by atoms with Crippen molar-refractivity contribution in [2.45, 2.75) is 31.4 Å². The second-order valence-electron chi connectivity index (χ2n) is 4.20. The summed E-state index contributed by atoms with van der Waals surface area (Å²) in [5, 5.41) is 12.3. The summed E-state index contributed by atoms with van der Waals surface area (Å²) in [6, 6.07) is 6.04. The van der Waals surface area contributed by atoms with Gasteiger partial charge in [-0.2, -0.15) is 0 Å². The molecular weight excluding hydrogens is 209 g/mol. The highest BCUT2D eigenvalue weighted by Gasteiger charge is 2.41. The fourth-order valence-corrected chi connectivity index (χ4v) is 1.73. The molecule has 1 saturated carbocycles. The smallest absolute Gasteiger partial charge is 0.252 e. The molecule has 0 unspecified atom stereocenters. The Bertz CT molecular complexity index is 402. The molecule has 3 nitrogen and oxygen atoms in total. The van der Waals surface area contributed by atoms with Gasteiger partial charge in [0.15, 0.2) is 0 Å². The SMILES string of the molecule is O=C(NCc1cccc(F)c1)C1(O)CCC1. The molecule has 0 spiro atoms. The number of hydrogen-bond donors (Lipinski definition) is 2. The number of carbonyl (C=O) groups is 1. The lowest BCUT2D eigenvalue weighted by molar-refractivity contribution is -0.148. The topological polar surface area (TPSA) is 49.3 Å². The number of benzene rings is 1. The summed E-state index contributed by atoms with van der Waals surface area (Å²) in [5.41, 5.74) is -0.496. The van der Waals surface area contributed by atoms with E-state index < -0.39 is 5.60 Å². The highest BCUT2D eigenvalue weighted by Crippen LogP contribution is 2.31. The quantitative estimate of drug-likeness (QED) is 0.812. The van der Waals surface area contributed by atoms with Crippen LogP contribution in [0.5, 0.6) is 0 Å². The van der Waals surface area contributed by atoms with Crippen molar-refractivity contribution in [1.29, 1.82) is 0 Å². The Morgan fingerprint density at radius 1 is 1.50 bits per heavy atom. The van der Waals surface area contributed by atoms with Crippen molar-refractivity contribution in [3.05, 3.63) is 35.6 Å². The van der Waals surface area contributed by atoms with Gasteiger partial charge < -0.3 is 10.4 Å². The van der Waals surface area contributed by atoms with Crippen LogP contribution in [0, 0.1) is 5.82 Å². The van der Waals surface area contributed by atoms with E-state index in [9.17, 15) is 14.3 Å². The normalized spacial score (nSPS) is 17.6. The average molecular weight is 223 g/mol. The second-order valence-corrected chi connectivity index (χ2v) is 4.20. The molecule has 1 fully saturated rings. The van der Waals surface area contributed by atoms with Gasteiger partial charge in [-0.25, -0.2) is 4.39 Å². The molecule has 0 saturated heterocycles. The molecule has 1 aliphatic carbocycles. The van der Waals surface area contributed by atoms with E-state index in [0.717, 1.165) is 6.42 Å². The molecule has 2 rings (SSSR count). The highest BCUT2D eigenvalue weighted by atomic mass is 19.1. The number of rotatable bonds is 3. The minimum atomic E-state index is -1.19. The standard InChI is InChI=1S/C12H14FNO2/c13-10-4-1-3-9(7-10)8-14-11(15)12(16)5-2-6-12/h1,3-4,7,16H,2,5-6,8H2,(H,14,15). The van der Waals surface area contributed by atoms with Crippen molar-refractivity contribution < 1.29 is 14.3 Å². The maximum atomic E-state index is 12.8. The molecular formula is C12H14FNO2. The van der Waals surface area contributed by atoms with E-state index >= 15 is 0 Å². The molecule has 1 aromatic carbocycles. The number of carbonyl (C=O) groups excluding carboxylic acids is 1. The summed E-state index contributed by atoms with van der Waals surface area (Å²) in [6.07, 6.45) is 1.91. The van der Waals surface area contributed by atoms with Gasteiger partial charge >= 0.3 is 0 Å². The molecule has 1 aliphatic rings. The van der Waals surface area contributed by atoms with Gasteiger partial charge in [0, 0.05) is 6.54 Å². The van der Waals surface area contributed by atoms with Crippen LogP contribution in [0.15, 0.2) is 24.3 Å². The molecule has 2 N–H and O–H groups in total. The monoisotopic (exact) mass is 223 g/mol. The highest BCUT2D eigenvalue weighted by molar-refractivity contribution is 5.85. The van der Waals surface area contributed by atoms with E-state index in [4.69, 9.17) is 0 Å². The Hall–Kier alpha value is -1.42. The second kappa shape index (κ2) is 4.22. The Kier molecular flexibility index (Phi) is 2.92. The van der Waals surface area contributed by atoms with Gasteiger partial charge in [-0.15, -0.1) is 0 Å². The van der Waals surface area contributed by atoms with E-state index in [0.29, 0.717) is 18.4 Å². The fraction of sp³-hybridized carbons (Fsp3) is 0.417. The van der Waals surface area contributed by atoms with E-state index in [1.54, 1.807) is 12.1 Å². The van der Waals surface area contributed by atoms with Crippen molar-refractivity contribution in [2.24, 2.45) is 0 Å². The molecule has 4 heteroatoms. The third kappa shape index (κ3) is 2.22. The molecule has 1 aromatic rings. The predicted octanol–water partition coefficient (Wildman–Crippen LogP) is 1.36. The summed E-state index contributed by atoms with van der Waals surface area (Å²) in [5.74, 6) is -0.683. The summed E-state index contributed by atoms with van der Waals surface area (Å²) in [6.45, 7) is 0.249. The largest absolute Gasteiger partial charge is 0.380 e. The van der Waals surface area contributed by atoms with Crippen molar-refractivity contribution in [3.63, 3.8) is 0 Å². The van der Waals surface area contributed by atoms with E-state index in [1.807, 2.05) is 0 Å². The molecule has 0 aromatic heterocycles. The first-order valence-electron chi connectivity index (χ1n) is 5.35. The molecule has 16 heavy (non-hydrogen) atoms. The van der Waals surface area contributed by atoms with Gasteiger partial charge in [-0.1, -0.05) is 12.1 Å².